The molecule has 0 unspecified atom stereocenters. The number of hydrogen-bond acceptors (Lipinski definition) is 6. The van der Waals surface area contributed by atoms with Gasteiger partial charge < -0.3 is 10.2 Å². The van der Waals surface area contributed by atoms with Gasteiger partial charge in [0, 0.05) is 12.6 Å². The Balaban J connectivity index is 2.39. The average Bonchev–Trinajstić information content (AvgIpc) is 2.66. The van der Waals surface area contributed by atoms with Gasteiger partial charge in [-0.2, -0.15) is 0 Å². The molecule has 0 fully saturated rings. The summed E-state index contributed by atoms with van der Waals surface area (Å²) in [6, 6.07) is 3.90. The highest BCUT2D eigenvalue weighted by Crippen LogP contribution is 2.25. The summed E-state index contributed by atoms with van der Waals surface area (Å²) in [4.78, 5) is -0.153. The Morgan fingerprint density at radius 3 is 2.72 bits per heavy atom. The molecule has 0 saturated carbocycles. The van der Waals surface area contributed by atoms with Gasteiger partial charge in [-0.1, -0.05) is 16.7 Å². The molecule has 0 saturated heterocycles. The van der Waals surface area contributed by atoms with Crippen molar-refractivity contribution >= 4 is 33.3 Å². The van der Waals surface area contributed by atoms with Crippen LogP contribution in [0.5, 0.6) is 0 Å². The van der Waals surface area contributed by atoms with E-state index >= 15 is 0 Å². The number of halogens is 1. The summed E-state index contributed by atoms with van der Waals surface area (Å²) >= 11 is 5.81. The van der Waals surface area contributed by atoms with Crippen LogP contribution in [-0.2, 0) is 10.0 Å². The van der Waals surface area contributed by atoms with Crippen LogP contribution in [0.3, 0.4) is 0 Å². The molecule has 0 aliphatic heterocycles. The summed E-state index contributed by atoms with van der Waals surface area (Å²) in [5, 5.41) is 7.08. The molecule has 0 radical (unpaired) electrons. The fourth-order valence-corrected chi connectivity index (χ4v) is 2.69. The number of aromatic nitrogens is 2. The Bertz CT molecular complexity index is 683. The van der Waals surface area contributed by atoms with E-state index in [1.54, 1.807) is 0 Å². The Morgan fingerprint density at radius 1 is 1.39 bits per heavy atom. The number of nitrogens with one attached hydrogen (secondary N) is 1. The number of benzene rings is 1. The van der Waals surface area contributed by atoms with Crippen LogP contribution in [-0.4, -0.2) is 18.6 Å². The van der Waals surface area contributed by atoms with E-state index in [0.717, 1.165) is 0 Å². The monoisotopic (exact) mass is 288 g/mol. The lowest BCUT2D eigenvalue weighted by Gasteiger charge is -2.06. The van der Waals surface area contributed by atoms with Crippen molar-refractivity contribution in [3.8, 4) is 0 Å². The summed E-state index contributed by atoms with van der Waals surface area (Å²) in [6.45, 7) is 1.54. The predicted octanol–water partition coefficient (Wildman–Crippen LogP) is 1.41. The third-order valence-corrected chi connectivity index (χ3v) is 3.79. The van der Waals surface area contributed by atoms with Gasteiger partial charge in [0.2, 0.25) is 5.89 Å². The third-order valence-electron chi connectivity index (χ3n) is 1.99. The third kappa shape index (κ3) is 2.54. The molecule has 1 heterocycles. The van der Waals surface area contributed by atoms with Gasteiger partial charge in [0.25, 0.3) is 10.0 Å². The lowest BCUT2D eigenvalue weighted by Crippen LogP contribution is -2.14. The van der Waals surface area contributed by atoms with Gasteiger partial charge in [-0.05, 0) is 18.2 Å². The van der Waals surface area contributed by atoms with Crippen LogP contribution in [0, 0.1) is 6.92 Å². The summed E-state index contributed by atoms with van der Waals surface area (Å²) < 4.78 is 31.0. The molecule has 1 aromatic heterocycles. The highest BCUT2D eigenvalue weighted by atomic mass is 35.5. The van der Waals surface area contributed by atoms with Crippen LogP contribution in [0.2, 0.25) is 5.02 Å². The Labute approximate surface area is 108 Å². The SMILES string of the molecule is Cc1nnc(NS(=O)(=O)c2cc(N)ccc2Cl)o1. The summed E-state index contributed by atoms with van der Waals surface area (Å²) in [7, 11) is -3.91. The molecule has 2 aromatic rings. The number of nitrogens with zero attached hydrogens (tertiary/aromatic N) is 2. The molecule has 0 aliphatic carbocycles. The number of nitrogens with two attached hydrogens (primary N) is 1. The van der Waals surface area contributed by atoms with E-state index in [4.69, 9.17) is 21.8 Å². The van der Waals surface area contributed by atoms with Gasteiger partial charge in [-0.25, -0.2) is 13.1 Å². The van der Waals surface area contributed by atoms with Gasteiger partial charge in [0.05, 0.1) is 5.02 Å². The minimum atomic E-state index is -3.91. The lowest BCUT2D eigenvalue weighted by atomic mass is 10.3. The summed E-state index contributed by atoms with van der Waals surface area (Å²) in [5.41, 5.74) is 5.80. The second kappa shape index (κ2) is 4.46. The minimum absolute atomic E-state index is 0.0490. The zero-order valence-corrected chi connectivity index (χ0v) is 10.8. The number of aryl methyl sites for hydroxylation is 1. The highest BCUT2D eigenvalue weighted by molar-refractivity contribution is 7.92. The van der Waals surface area contributed by atoms with Gasteiger partial charge >= 0.3 is 6.01 Å². The first-order chi connectivity index (χ1) is 8.38. The molecule has 3 N–H and O–H groups in total. The predicted molar refractivity (Wildman–Crippen MR) is 65.7 cm³/mol. The second-order valence-electron chi connectivity index (χ2n) is 3.42. The molecule has 1 aromatic carbocycles. The zero-order valence-electron chi connectivity index (χ0n) is 9.21. The van der Waals surface area contributed by atoms with Crippen molar-refractivity contribution in [3.05, 3.63) is 29.1 Å². The first kappa shape index (κ1) is 12.7. The minimum Gasteiger partial charge on any atom is -0.408 e. The van der Waals surface area contributed by atoms with Crippen molar-refractivity contribution in [1.29, 1.82) is 0 Å². The Morgan fingerprint density at radius 2 is 2.11 bits per heavy atom. The van der Waals surface area contributed by atoms with E-state index in [-0.39, 0.29) is 27.5 Å². The molecular formula is C9H9ClN4O3S. The largest absolute Gasteiger partial charge is 0.408 e. The van der Waals surface area contributed by atoms with Gasteiger partial charge in [0.15, 0.2) is 0 Å². The van der Waals surface area contributed by atoms with Gasteiger partial charge in [0.1, 0.15) is 4.90 Å². The van der Waals surface area contributed by atoms with Crippen molar-refractivity contribution in [2.75, 3.05) is 10.5 Å². The Hall–Kier alpha value is -1.80. The number of anilines is 2. The van der Waals surface area contributed by atoms with Crippen molar-refractivity contribution in [2.24, 2.45) is 0 Å². The van der Waals surface area contributed by atoms with Crippen molar-refractivity contribution in [1.82, 2.24) is 10.2 Å². The molecule has 96 valence electrons. The van der Waals surface area contributed by atoms with Crippen LogP contribution >= 0.6 is 11.6 Å². The van der Waals surface area contributed by atoms with Crippen LogP contribution in [0.1, 0.15) is 5.89 Å². The molecule has 0 bridgehead atoms. The van der Waals surface area contributed by atoms with Crippen molar-refractivity contribution in [2.45, 2.75) is 11.8 Å². The molecule has 0 spiro atoms. The average molecular weight is 289 g/mol. The standard InChI is InChI=1S/C9H9ClN4O3S/c1-5-12-13-9(17-5)14-18(15,16)8-4-6(11)2-3-7(8)10/h2-4H,11H2,1H3,(H,13,14). The molecule has 0 atom stereocenters. The van der Waals surface area contributed by atoms with Crippen LogP contribution in [0.25, 0.3) is 0 Å². The fourth-order valence-electron chi connectivity index (χ4n) is 1.23. The summed E-state index contributed by atoms with van der Waals surface area (Å²) in [6.07, 6.45) is 0. The van der Waals surface area contributed by atoms with E-state index in [2.05, 4.69) is 14.9 Å². The van der Waals surface area contributed by atoms with E-state index < -0.39 is 10.0 Å². The highest BCUT2D eigenvalue weighted by Gasteiger charge is 2.20. The molecule has 7 nitrogen and oxygen atoms in total. The maximum atomic E-state index is 12.0. The normalized spacial score (nSPS) is 11.4. The first-order valence-corrected chi connectivity index (χ1v) is 6.62. The van der Waals surface area contributed by atoms with Crippen LogP contribution in [0.15, 0.2) is 27.5 Å². The quantitative estimate of drug-likeness (QED) is 0.826. The van der Waals surface area contributed by atoms with E-state index in [1.807, 2.05) is 0 Å². The molecular weight excluding hydrogens is 280 g/mol. The van der Waals surface area contributed by atoms with Crippen LogP contribution < -0.4 is 10.5 Å². The maximum absolute atomic E-state index is 12.0. The molecule has 9 heteroatoms. The van der Waals surface area contributed by atoms with E-state index in [0.29, 0.717) is 0 Å². The first-order valence-electron chi connectivity index (χ1n) is 4.76. The lowest BCUT2D eigenvalue weighted by molar-refractivity contribution is 0.534. The van der Waals surface area contributed by atoms with Crippen molar-refractivity contribution < 1.29 is 12.8 Å². The zero-order chi connectivity index (χ0) is 13.3. The number of sulfonamides is 1. The number of rotatable bonds is 3. The topological polar surface area (TPSA) is 111 Å². The van der Waals surface area contributed by atoms with Crippen molar-refractivity contribution in [3.63, 3.8) is 0 Å². The molecule has 0 aliphatic rings. The van der Waals surface area contributed by atoms with E-state index in [1.165, 1.54) is 25.1 Å². The number of hydrogen-bond donors (Lipinski definition) is 2. The van der Waals surface area contributed by atoms with E-state index in [9.17, 15) is 8.42 Å². The molecule has 18 heavy (non-hydrogen) atoms. The Kier molecular flexibility index (Phi) is 3.14. The fraction of sp³-hybridized carbons (Fsp3) is 0.111. The molecule has 2 rings (SSSR count). The summed E-state index contributed by atoms with van der Waals surface area (Å²) in [5.74, 6) is 0.242. The smallest absolute Gasteiger partial charge is 0.329 e. The van der Waals surface area contributed by atoms with Crippen LogP contribution in [0.4, 0.5) is 11.7 Å². The van der Waals surface area contributed by atoms with Gasteiger partial charge in [-0.3, -0.25) is 0 Å². The second-order valence-corrected chi connectivity index (χ2v) is 5.48. The number of nitrogen functional groups attached to an aromatic ring is 1. The van der Waals surface area contributed by atoms with Gasteiger partial charge in [-0.15, -0.1) is 5.10 Å². The molecule has 0 amide bonds. The maximum Gasteiger partial charge on any atom is 0.329 e.